The van der Waals surface area contributed by atoms with Crippen molar-refractivity contribution in [2.24, 2.45) is 0 Å². The predicted molar refractivity (Wildman–Crippen MR) is 107 cm³/mol. The van der Waals surface area contributed by atoms with Crippen LogP contribution in [0.15, 0.2) is 41.3 Å². The van der Waals surface area contributed by atoms with E-state index >= 15 is 0 Å². The summed E-state index contributed by atoms with van der Waals surface area (Å²) < 4.78 is 52.8. The average molecular weight is 449 g/mol. The molecule has 0 aliphatic carbocycles. The summed E-state index contributed by atoms with van der Waals surface area (Å²) >= 11 is 11.8. The third kappa shape index (κ3) is 3.95. The molecule has 27 heavy (non-hydrogen) atoms. The zero-order valence-corrected chi connectivity index (χ0v) is 17.8. The Hall–Kier alpha value is -1.32. The van der Waals surface area contributed by atoms with Gasteiger partial charge in [-0.15, -0.1) is 0 Å². The van der Waals surface area contributed by atoms with E-state index in [9.17, 15) is 16.8 Å². The van der Waals surface area contributed by atoms with Gasteiger partial charge in [0, 0.05) is 20.6 Å². The van der Waals surface area contributed by atoms with E-state index in [-0.39, 0.29) is 17.2 Å². The summed E-state index contributed by atoms with van der Waals surface area (Å²) in [6.07, 6.45) is 0.451. The van der Waals surface area contributed by atoms with Gasteiger partial charge in [0.1, 0.15) is 0 Å². The van der Waals surface area contributed by atoms with Crippen LogP contribution in [0.4, 0.5) is 5.69 Å². The monoisotopic (exact) mass is 448 g/mol. The first-order valence-corrected chi connectivity index (χ1v) is 11.8. The first-order valence-electron chi connectivity index (χ1n) is 8.02. The molecule has 10 heteroatoms. The molecule has 0 amide bonds. The Bertz CT molecular complexity index is 1100. The van der Waals surface area contributed by atoms with Crippen LogP contribution in [-0.2, 0) is 32.2 Å². The summed E-state index contributed by atoms with van der Waals surface area (Å²) in [6.45, 7) is 0.268. The first-order chi connectivity index (χ1) is 12.5. The summed E-state index contributed by atoms with van der Waals surface area (Å²) in [5, 5.41) is 0.656. The maximum atomic E-state index is 12.9. The lowest BCUT2D eigenvalue weighted by atomic mass is 10.2. The van der Waals surface area contributed by atoms with Crippen LogP contribution in [-0.4, -0.2) is 41.8 Å². The lowest BCUT2D eigenvalue weighted by Crippen LogP contribution is -2.30. The Morgan fingerprint density at radius 1 is 1.00 bits per heavy atom. The first kappa shape index (κ1) is 20.4. The number of benzene rings is 2. The van der Waals surface area contributed by atoms with Crippen LogP contribution in [0.25, 0.3) is 0 Å². The standard InChI is InChI=1S/C17H18Cl2N2O4S2/c1-20(2)27(24,25)14-4-6-17-13(10-14)7-8-21(17)26(22,23)11-12-3-5-15(18)16(19)9-12/h3-6,9-10H,7-8,11H2,1-2H3. The van der Waals surface area contributed by atoms with Gasteiger partial charge < -0.3 is 0 Å². The molecular formula is C17H18Cl2N2O4S2. The van der Waals surface area contributed by atoms with Gasteiger partial charge >= 0.3 is 0 Å². The molecular weight excluding hydrogens is 431 g/mol. The number of nitrogens with zero attached hydrogens (tertiary/aromatic N) is 2. The molecule has 0 saturated heterocycles. The van der Waals surface area contributed by atoms with Crippen molar-refractivity contribution in [3.63, 3.8) is 0 Å². The number of anilines is 1. The predicted octanol–water partition coefficient (Wildman–Crippen LogP) is 3.14. The van der Waals surface area contributed by atoms with Crippen LogP contribution in [0.1, 0.15) is 11.1 Å². The summed E-state index contributed by atoms with van der Waals surface area (Å²) in [7, 11) is -4.31. The SMILES string of the molecule is CN(C)S(=O)(=O)c1ccc2c(c1)CCN2S(=O)(=O)Cc1ccc(Cl)c(Cl)c1. The van der Waals surface area contributed by atoms with Gasteiger partial charge in [0.25, 0.3) is 0 Å². The second-order valence-corrected chi connectivity index (χ2v) is 11.3. The van der Waals surface area contributed by atoms with Crippen LogP contribution in [0, 0.1) is 0 Å². The van der Waals surface area contributed by atoms with Crippen LogP contribution < -0.4 is 4.31 Å². The van der Waals surface area contributed by atoms with E-state index in [1.165, 1.54) is 30.5 Å². The third-order valence-electron chi connectivity index (χ3n) is 4.35. The van der Waals surface area contributed by atoms with Gasteiger partial charge in [-0.3, -0.25) is 4.31 Å². The number of halogens is 2. The van der Waals surface area contributed by atoms with Crippen molar-refractivity contribution in [1.82, 2.24) is 4.31 Å². The van der Waals surface area contributed by atoms with Crippen LogP contribution in [0.5, 0.6) is 0 Å². The minimum Gasteiger partial charge on any atom is -0.269 e. The van der Waals surface area contributed by atoms with Crippen molar-refractivity contribution in [3.8, 4) is 0 Å². The molecule has 0 fully saturated rings. The lowest BCUT2D eigenvalue weighted by Gasteiger charge is -2.20. The normalized spacial score (nSPS) is 14.6. The fourth-order valence-electron chi connectivity index (χ4n) is 2.93. The third-order valence-corrected chi connectivity index (χ3v) is 8.65. The quantitative estimate of drug-likeness (QED) is 0.703. The highest BCUT2D eigenvalue weighted by Crippen LogP contribution is 2.34. The topological polar surface area (TPSA) is 74.8 Å². The van der Waals surface area contributed by atoms with Crippen molar-refractivity contribution < 1.29 is 16.8 Å². The number of fused-ring (bicyclic) bond motifs is 1. The van der Waals surface area contributed by atoms with Gasteiger partial charge in [0.15, 0.2) is 0 Å². The van der Waals surface area contributed by atoms with Crippen molar-refractivity contribution >= 4 is 48.9 Å². The Morgan fingerprint density at radius 3 is 2.33 bits per heavy atom. The zero-order valence-electron chi connectivity index (χ0n) is 14.7. The molecule has 0 saturated carbocycles. The molecule has 0 atom stereocenters. The molecule has 0 bridgehead atoms. The summed E-state index contributed by atoms with van der Waals surface area (Å²) in [4.78, 5) is 0.148. The zero-order chi connectivity index (χ0) is 20.0. The van der Waals surface area contributed by atoms with Crippen LogP contribution in [0.2, 0.25) is 10.0 Å². The van der Waals surface area contributed by atoms with E-state index in [4.69, 9.17) is 23.2 Å². The molecule has 146 valence electrons. The molecule has 1 aliphatic heterocycles. The van der Waals surface area contributed by atoms with Gasteiger partial charge in [-0.25, -0.2) is 21.1 Å². The second-order valence-electron chi connectivity index (χ2n) is 6.40. The molecule has 6 nitrogen and oxygen atoms in total. The number of hydrogen-bond donors (Lipinski definition) is 0. The molecule has 0 unspecified atom stereocenters. The van der Waals surface area contributed by atoms with Gasteiger partial charge in [-0.2, -0.15) is 0 Å². The fourth-order valence-corrected chi connectivity index (χ4v) is 5.80. The minimum absolute atomic E-state index is 0.148. The van der Waals surface area contributed by atoms with E-state index in [1.54, 1.807) is 24.3 Å². The van der Waals surface area contributed by atoms with Crippen LogP contribution in [0.3, 0.4) is 0 Å². The minimum atomic E-state index is -3.65. The van der Waals surface area contributed by atoms with E-state index < -0.39 is 20.0 Å². The Morgan fingerprint density at radius 2 is 1.70 bits per heavy atom. The highest BCUT2D eigenvalue weighted by atomic mass is 35.5. The number of sulfonamides is 2. The van der Waals surface area contributed by atoms with Crippen molar-refractivity contribution in [2.45, 2.75) is 17.1 Å². The smallest absolute Gasteiger partial charge is 0.242 e. The average Bonchev–Trinajstić information content (AvgIpc) is 3.02. The molecule has 0 radical (unpaired) electrons. The van der Waals surface area contributed by atoms with E-state index in [2.05, 4.69) is 0 Å². The number of rotatable bonds is 5. The van der Waals surface area contributed by atoms with Gasteiger partial charge in [-0.1, -0.05) is 29.3 Å². The van der Waals surface area contributed by atoms with E-state index in [0.717, 1.165) is 4.31 Å². The van der Waals surface area contributed by atoms with Crippen molar-refractivity contribution in [2.75, 3.05) is 24.9 Å². The van der Waals surface area contributed by atoms with Crippen molar-refractivity contribution in [1.29, 1.82) is 0 Å². The molecule has 1 aliphatic rings. The Balaban J connectivity index is 1.91. The maximum Gasteiger partial charge on any atom is 0.242 e. The van der Waals surface area contributed by atoms with Crippen molar-refractivity contribution in [3.05, 3.63) is 57.6 Å². The Kier molecular flexibility index (Phi) is 5.48. The summed E-state index contributed by atoms with van der Waals surface area (Å²) in [6, 6.07) is 9.23. The highest BCUT2D eigenvalue weighted by Gasteiger charge is 2.31. The maximum absolute atomic E-state index is 12.9. The van der Waals surface area contributed by atoms with E-state index in [1.807, 2.05) is 0 Å². The molecule has 2 aromatic rings. The number of hydrogen-bond acceptors (Lipinski definition) is 4. The molecule has 0 aromatic heterocycles. The fraction of sp³-hybridized carbons (Fsp3) is 0.294. The van der Waals surface area contributed by atoms with E-state index in [0.29, 0.717) is 33.3 Å². The molecule has 0 spiro atoms. The molecule has 3 rings (SSSR count). The second kappa shape index (κ2) is 7.25. The summed E-state index contributed by atoms with van der Waals surface area (Å²) in [5.74, 6) is -0.221. The van der Waals surface area contributed by atoms with Gasteiger partial charge in [0.2, 0.25) is 20.0 Å². The van der Waals surface area contributed by atoms with Gasteiger partial charge in [-0.05, 0) is 47.9 Å². The van der Waals surface area contributed by atoms with Crippen LogP contribution >= 0.6 is 23.2 Å². The molecule has 1 heterocycles. The Labute approximate surface area is 169 Å². The summed E-state index contributed by atoms with van der Waals surface area (Å²) in [5.41, 5.74) is 1.73. The largest absolute Gasteiger partial charge is 0.269 e. The lowest BCUT2D eigenvalue weighted by molar-refractivity contribution is 0.520. The van der Waals surface area contributed by atoms with Gasteiger partial charge in [0.05, 0.1) is 26.4 Å². The molecule has 2 aromatic carbocycles. The molecule has 0 N–H and O–H groups in total. The highest BCUT2D eigenvalue weighted by molar-refractivity contribution is 7.92.